The van der Waals surface area contributed by atoms with Gasteiger partial charge in [-0.1, -0.05) is 36.2 Å². The number of aromatic nitrogens is 6. The molecule has 5 aromatic rings. The zero-order valence-electron chi connectivity index (χ0n) is 52.3. The third-order valence-electron chi connectivity index (χ3n) is 17.5. The van der Waals surface area contributed by atoms with Crippen molar-refractivity contribution >= 4 is 45.0 Å². The zero-order valence-corrected chi connectivity index (χ0v) is 54.7. The average molecular weight is 1420 g/mol. The standard InChI is InChI=1S/C35H38Cl2N8O4.C23H46N6O13.H2O4S/c1-3-25(2)45-34(46)44(24-40-45)29-7-5-27(6-8-29)41-14-16-42(17-15-41)28-9-11-30(12-10-28)47-19-31-20-48-35(49-31,21-43-23-38-22-39-43)32-13-4-26(36)18-33(32)37;24-2-7-13(32)15(34)10(28)21(37-7)40-18-6(27)1-5(26)12(31)20(18)42-23-17(36)19(9(4-30)39-23)41-22-11(29)16(35)14(33)8(3-25)38-22;1-5(2,3)4/h4-13,18,22-25,31H,3,14-17,19-21H2,1-2H3;5-23,30-36H,1-4,24-29H2;(H2,1,2,3,4)/t;5-,6+,7-,8+,9-,10-,11-,12+,13-,14-,15-,16-,17-,18-,19-,20-,21-,22-,23+;/m.1./s1. The SMILES string of the molecule is CCC(C)n1ncn(-c2ccc(N3CCN(c4ccc(OCC5COC(Cn6cncn6)(c6ccc(Cl)cc6Cl)O5)cc4)CC3)cc2)c1=O.NC[C@@H]1O[C@H](O[C@H]2[C@@H](O)[C@H](O[C@@H]3[C@@H](O)[C@H](N)C[C@H](N)[C@H]3O[C@H]3O[C@H](CN)[C@@H](O)[C@H](O)[C@H]3N)O[C@@H]2CO)[C@H](N)[C@@H](O)[C@@H]1O.O=S(=O)(O)O. The van der Waals surface area contributed by atoms with E-state index in [2.05, 4.69) is 49.2 Å². The van der Waals surface area contributed by atoms with E-state index in [1.807, 2.05) is 44.2 Å². The van der Waals surface area contributed by atoms with Crippen molar-refractivity contribution in [3.8, 4) is 11.4 Å². The van der Waals surface area contributed by atoms with Crippen molar-refractivity contribution in [1.82, 2.24) is 29.1 Å². The molecule has 22 atom stereocenters. The Hall–Kier alpha value is -5.25. The van der Waals surface area contributed by atoms with Gasteiger partial charge >= 0.3 is 16.1 Å². The monoisotopic (exact) mass is 1420 g/mol. The first-order valence-electron chi connectivity index (χ1n) is 31.0. The van der Waals surface area contributed by atoms with E-state index >= 15 is 0 Å². The summed E-state index contributed by atoms with van der Waals surface area (Å²) in [4.78, 5) is 21.6. The van der Waals surface area contributed by atoms with Gasteiger partial charge in [0.15, 0.2) is 18.9 Å². The third kappa shape index (κ3) is 17.7. The molecule has 2 aromatic heterocycles. The van der Waals surface area contributed by atoms with E-state index < -0.39 is 139 Å². The summed E-state index contributed by atoms with van der Waals surface area (Å²) in [5.41, 5.74) is 39.3. The Bertz CT molecular complexity index is 3420. The Balaban J connectivity index is 0.000000213. The summed E-state index contributed by atoms with van der Waals surface area (Å²) in [5, 5.41) is 82.5. The maximum absolute atomic E-state index is 12.8. The average Bonchev–Trinajstić information content (AvgIpc) is 1.54. The Morgan fingerprint density at radius 2 is 1.23 bits per heavy atom. The van der Waals surface area contributed by atoms with Crippen molar-refractivity contribution in [1.29, 1.82) is 0 Å². The molecule has 5 saturated heterocycles. The molecule has 38 heteroatoms. The molecule has 11 rings (SSSR count). The van der Waals surface area contributed by atoms with Crippen LogP contribution >= 0.6 is 23.2 Å². The number of piperazine rings is 1. The minimum atomic E-state index is -4.67. The molecule has 1 aliphatic carbocycles. The number of hydrogen-bond donors (Lipinski definition) is 15. The number of rotatable bonds is 20. The quantitative estimate of drug-likeness (QED) is 0.0331. The van der Waals surface area contributed by atoms with Crippen LogP contribution in [0.1, 0.15) is 38.3 Å². The second-order valence-electron chi connectivity index (χ2n) is 24.0. The van der Waals surface area contributed by atoms with Crippen molar-refractivity contribution in [2.45, 2.75) is 167 Å². The molecule has 3 unspecified atom stereocenters. The molecule has 0 amide bonds. The summed E-state index contributed by atoms with van der Waals surface area (Å²) in [7, 11) is -4.67. The van der Waals surface area contributed by atoms with Crippen LogP contribution in [0.15, 0.2) is 90.5 Å². The largest absolute Gasteiger partial charge is 0.491 e. The van der Waals surface area contributed by atoms with Crippen LogP contribution in [0.3, 0.4) is 0 Å². The topological polar surface area (TPSA) is 532 Å². The van der Waals surface area contributed by atoms with Crippen LogP contribution in [0.25, 0.3) is 5.69 Å². The number of ether oxygens (including phenoxy) is 9. The number of benzene rings is 3. The highest BCUT2D eigenvalue weighted by Gasteiger charge is 2.55. The fourth-order valence-electron chi connectivity index (χ4n) is 12.0. The first-order valence-corrected chi connectivity index (χ1v) is 33.1. The van der Waals surface area contributed by atoms with E-state index in [4.69, 9.17) is 118 Å². The Kier molecular flexibility index (Phi) is 25.6. The third-order valence-corrected chi connectivity index (χ3v) is 18.1. The predicted octanol–water partition coefficient (Wildman–Crippen LogP) is -3.97. The van der Waals surface area contributed by atoms with E-state index in [-0.39, 0.29) is 43.9 Å². The Morgan fingerprint density at radius 3 is 1.76 bits per heavy atom. The van der Waals surface area contributed by atoms with E-state index in [1.165, 1.54) is 11.0 Å². The molecule has 0 bridgehead atoms. The van der Waals surface area contributed by atoms with Gasteiger partial charge in [0, 0.05) is 73.3 Å². The molecule has 534 valence electrons. The van der Waals surface area contributed by atoms with Crippen molar-refractivity contribution < 1.29 is 95.9 Å². The normalized spacial score (nSPS) is 34.4. The van der Waals surface area contributed by atoms with Gasteiger partial charge in [-0.25, -0.2) is 23.7 Å². The molecule has 0 radical (unpaired) electrons. The number of anilines is 2. The van der Waals surface area contributed by atoms with E-state index in [0.717, 1.165) is 55.4 Å². The molecular formula is C58H86Cl2N14O21S. The number of nitrogens with zero attached hydrogens (tertiary/aromatic N) is 8. The lowest BCUT2D eigenvalue weighted by atomic mass is 9.84. The van der Waals surface area contributed by atoms with Crippen LogP contribution in [0.2, 0.25) is 10.0 Å². The van der Waals surface area contributed by atoms with Gasteiger partial charge < -0.3 is 123 Å². The highest BCUT2D eigenvalue weighted by atomic mass is 35.5. The molecule has 6 fully saturated rings. The second-order valence-corrected chi connectivity index (χ2v) is 25.7. The Morgan fingerprint density at radius 1 is 0.688 bits per heavy atom. The number of aliphatic hydroxyl groups is 7. The number of halogens is 2. The van der Waals surface area contributed by atoms with Gasteiger partial charge in [-0.2, -0.15) is 18.6 Å². The predicted molar refractivity (Wildman–Crippen MR) is 341 cm³/mol. The summed E-state index contributed by atoms with van der Waals surface area (Å²) in [6, 6.07) is 17.4. The van der Waals surface area contributed by atoms with Gasteiger partial charge in [0.2, 0.25) is 5.79 Å². The summed E-state index contributed by atoms with van der Waals surface area (Å²) >= 11 is 12.7. The maximum Gasteiger partial charge on any atom is 0.394 e. The van der Waals surface area contributed by atoms with Gasteiger partial charge in [0.1, 0.15) is 111 Å². The van der Waals surface area contributed by atoms with Gasteiger partial charge in [-0.3, -0.25) is 9.11 Å². The summed E-state index contributed by atoms with van der Waals surface area (Å²) < 4.78 is 89.9. The smallest absolute Gasteiger partial charge is 0.394 e. The lowest BCUT2D eigenvalue weighted by Crippen LogP contribution is -2.68. The second kappa shape index (κ2) is 32.8. The van der Waals surface area contributed by atoms with Crippen LogP contribution in [0, 0.1) is 0 Å². The van der Waals surface area contributed by atoms with E-state index in [0.29, 0.717) is 28.8 Å². The van der Waals surface area contributed by atoms with Crippen LogP contribution < -0.4 is 54.6 Å². The lowest BCUT2D eigenvalue weighted by molar-refractivity contribution is -0.306. The molecule has 5 aliphatic heterocycles. The maximum atomic E-state index is 12.8. The van der Waals surface area contributed by atoms with Crippen molar-refractivity contribution in [3.63, 3.8) is 0 Å². The van der Waals surface area contributed by atoms with Gasteiger partial charge in [0.25, 0.3) is 0 Å². The summed E-state index contributed by atoms with van der Waals surface area (Å²) in [5.74, 6) is -0.410. The van der Waals surface area contributed by atoms with Crippen LogP contribution in [-0.2, 0) is 60.6 Å². The molecule has 6 aliphatic rings. The fraction of sp³-hybridized carbons (Fsp3) is 0.621. The number of aliphatic hydroxyl groups excluding tert-OH is 7. The molecular weight excluding hydrogens is 1330 g/mol. The lowest BCUT2D eigenvalue weighted by Gasteiger charge is -2.47. The molecule has 0 spiro atoms. The number of nitrogens with two attached hydrogens (primary N) is 6. The minimum absolute atomic E-state index is 0.0645. The van der Waals surface area contributed by atoms with Gasteiger partial charge in [-0.15, -0.1) is 0 Å². The summed E-state index contributed by atoms with van der Waals surface area (Å²) in [6.07, 6.45) is -14.6. The molecule has 3 aromatic carbocycles. The van der Waals surface area contributed by atoms with Crippen molar-refractivity contribution in [2.24, 2.45) is 34.4 Å². The van der Waals surface area contributed by atoms with Crippen LogP contribution in [0.4, 0.5) is 11.4 Å². The van der Waals surface area contributed by atoms with Crippen LogP contribution in [-0.4, -0.2) is 264 Å². The minimum Gasteiger partial charge on any atom is -0.491 e. The Labute approximate surface area is 561 Å². The molecule has 35 nitrogen and oxygen atoms in total. The van der Waals surface area contributed by atoms with E-state index in [1.54, 1.807) is 34.0 Å². The summed E-state index contributed by atoms with van der Waals surface area (Å²) in [6.45, 7) is 7.51. The van der Waals surface area contributed by atoms with Crippen molar-refractivity contribution in [2.75, 3.05) is 68.9 Å². The van der Waals surface area contributed by atoms with Gasteiger partial charge in [-0.05, 0) is 80.4 Å². The molecule has 7 heterocycles. The molecule has 21 N–H and O–H groups in total. The number of hydrogen-bond acceptors (Lipinski definition) is 30. The fourth-order valence-corrected chi connectivity index (χ4v) is 12.5. The highest BCUT2D eigenvalue weighted by molar-refractivity contribution is 7.79. The van der Waals surface area contributed by atoms with E-state index in [9.17, 15) is 40.5 Å². The highest BCUT2D eigenvalue weighted by Crippen LogP contribution is 2.41. The first-order chi connectivity index (χ1) is 45.6. The zero-order chi connectivity index (χ0) is 69.5. The molecule has 1 saturated carbocycles. The van der Waals surface area contributed by atoms with Crippen LogP contribution in [0.5, 0.6) is 5.75 Å². The first kappa shape index (κ1) is 75.0. The molecule has 96 heavy (non-hydrogen) atoms. The van der Waals surface area contributed by atoms with Crippen molar-refractivity contribution in [3.05, 3.63) is 112 Å². The van der Waals surface area contributed by atoms with Gasteiger partial charge in [0.05, 0.1) is 48.2 Å².